The first-order valence-electron chi connectivity index (χ1n) is 11.7. The summed E-state index contributed by atoms with van der Waals surface area (Å²) in [6, 6.07) is 7.65. The van der Waals surface area contributed by atoms with Crippen molar-refractivity contribution in [3.05, 3.63) is 46.1 Å². The molecule has 1 amide bonds. The molecule has 0 aromatic heterocycles. The number of aromatic nitrogens is 1. The molecule has 0 N–H and O–H groups in total. The van der Waals surface area contributed by atoms with Gasteiger partial charge in [0.15, 0.2) is 11.5 Å². The number of hydrogen-bond donors (Lipinski definition) is 0. The quantitative estimate of drug-likeness (QED) is 0.387. The smallest absolute Gasteiger partial charge is 0.259 e. The number of hydrogen-bond acceptors (Lipinski definition) is 5. The lowest BCUT2D eigenvalue weighted by atomic mass is 10.1. The molecular formula is C26H31BrClN3O4. The molecule has 0 bridgehead atoms. The van der Waals surface area contributed by atoms with Crippen LogP contribution in [-0.4, -0.2) is 55.8 Å². The monoisotopic (exact) mass is 563 g/mol. The Morgan fingerprint density at radius 2 is 1.77 bits per heavy atom. The molecule has 9 heteroatoms. The van der Waals surface area contributed by atoms with Gasteiger partial charge in [-0.15, -0.1) is 12.4 Å². The van der Waals surface area contributed by atoms with Crippen LogP contribution in [-0.2, 0) is 13.6 Å². The van der Waals surface area contributed by atoms with Crippen LogP contribution >= 0.6 is 28.3 Å². The number of pyridine rings is 1. The number of benzene rings is 1. The number of piperidine rings is 1. The van der Waals surface area contributed by atoms with E-state index in [1.54, 1.807) is 19.1 Å². The molecule has 0 unspecified atom stereocenters. The summed E-state index contributed by atoms with van der Waals surface area (Å²) >= 11 is 3.56. The fourth-order valence-corrected chi connectivity index (χ4v) is 5.83. The number of aryl methyl sites for hydroxylation is 1. The second-order valence-electron chi connectivity index (χ2n) is 8.90. The highest BCUT2D eigenvalue weighted by molar-refractivity contribution is 9.10. The van der Waals surface area contributed by atoms with Crippen molar-refractivity contribution in [2.75, 3.05) is 45.4 Å². The van der Waals surface area contributed by atoms with Crippen molar-refractivity contribution in [1.82, 2.24) is 9.47 Å². The lowest BCUT2D eigenvalue weighted by Crippen LogP contribution is -2.33. The summed E-state index contributed by atoms with van der Waals surface area (Å²) in [7, 11) is 5.28. The van der Waals surface area contributed by atoms with E-state index < -0.39 is 0 Å². The number of carbonyl (C=O) groups excluding carboxylic acids is 1. The highest BCUT2D eigenvalue weighted by atomic mass is 79.9. The molecule has 0 radical (unpaired) electrons. The van der Waals surface area contributed by atoms with Gasteiger partial charge >= 0.3 is 0 Å². The minimum atomic E-state index is -0.0196. The minimum Gasteiger partial charge on any atom is -0.495 e. The van der Waals surface area contributed by atoms with E-state index in [0.29, 0.717) is 30.2 Å². The zero-order valence-corrected chi connectivity index (χ0v) is 22.7. The molecule has 5 rings (SSSR count). The van der Waals surface area contributed by atoms with E-state index >= 15 is 0 Å². The standard InChI is InChI=1S/C26H30BrN3O4.ClH/c1-28-16-21(27)25(33-3)19-14-18-20(24(19)28)15-30(26(18)31)17-7-8-22(32-2)23(13-17)34-12-11-29-9-5-4-6-10-29;/h7-8,13-14,16H,4-6,9-12,15H2,1-3H3;1H. The molecule has 4 aliphatic rings. The van der Waals surface area contributed by atoms with Crippen LogP contribution in [0.25, 0.3) is 11.3 Å². The third-order valence-electron chi connectivity index (χ3n) is 6.84. The number of halogens is 2. The normalized spacial score (nSPS) is 15.8. The van der Waals surface area contributed by atoms with Gasteiger partial charge in [0.25, 0.3) is 5.91 Å². The Bertz CT molecular complexity index is 1190. The predicted molar refractivity (Wildman–Crippen MR) is 143 cm³/mol. The minimum absolute atomic E-state index is 0. The van der Waals surface area contributed by atoms with Crippen molar-refractivity contribution in [2.24, 2.45) is 7.05 Å². The van der Waals surface area contributed by atoms with Crippen molar-refractivity contribution >= 4 is 39.9 Å². The van der Waals surface area contributed by atoms with Gasteiger partial charge in [0, 0.05) is 48.2 Å². The summed E-state index contributed by atoms with van der Waals surface area (Å²) in [5, 5.41) is 0. The molecule has 0 saturated carbocycles. The zero-order chi connectivity index (χ0) is 23.8. The summed E-state index contributed by atoms with van der Waals surface area (Å²) < 4.78 is 20.2. The first-order chi connectivity index (χ1) is 16.5. The summed E-state index contributed by atoms with van der Waals surface area (Å²) in [5.41, 5.74) is 4.48. The van der Waals surface area contributed by atoms with Crippen LogP contribution in [0, 0.1) is 0 Å². The molecular weight excluding hydrogens is 534 g/mol. The number of carbonyl (C=O) groups is 1. The van der Waals surface area contributed by atoms with Crippen molar-refractivity contribution in [1.29, 1.82) is 0 Å². The Hall–Kier alpha value is -2.42. The van der Waals surface area contributed by atoms with E-state index in [9.17, 15) is 4.79 Å². The van der Waals surface area contributed by atoms with Crippen LogP contribution < -0.4 is 19.1 Å². The van der Waals surface area contributed by atoms with Crippen molar-refractivity contribution in [2.45, 2.75) is 25.8 Å². The number of methoxy groups -OCH3 is 2. The summed E-state index contributed by atoms with van der Waals surface area (Å²) in [4.78, 5) is 17.7. The Morgan fingerprint density at radius 3 is 2.49 bits per heavy atom. The largest absolute Gasteiger partial charge is 0.495 e. The fraction of sp³-hybridized carbons (Fsp3) is 0.423. The maximum Gasteiger partial charge on any atom is 0.259 e. The highest BCUT2D eigenvalue weighted by Crippen LogP contribution is 2.46. The summed E-state index contributed by atoms with van der Waals surface area (Å²) in [6.45, 7) is 4.25. The number of nitrogens with zero attached hydrogens (tertiary/aromatic N) is 3. The van der Waals surface area contributed by atoms with Gasteiger partial charge in [-0.1, -0.05) is 6.42 Å². The van der Waals surface area contributed by atoms with E-state index in [4.69, 9.17) is 14.2 Å². The fourth-order valence-electron chi connectivity index (χ4n) is 5.14. The van der Waals surface area contributed by atoms with Gasteiger partial charge in [-0.05, 0) is 60.1 Å². The molecule has 3 heterocycles. The van der Waals surface area contributed by atoms with Crippen LogP contribution in [0.4, 0.5) is 5.69 Å². The molecule has 0 atom stereocenters. The van der Waals surface area contributed by atoms with Crippen molar-refractivity contribution in [3.8, 4) is 28.5 Å². The third-order valence-corrected chi connectivity index (χ3v) is 7.41. The summed E-state index contributed by atoms with van der Waals surface area (Å²) in [5.74, 6) is 2.06. The Balaban J connectivity index is 0.00000289. The van der Waals surface area contributed by atoms with Crippen LogP contribution in [0.2, 0.25) is 0 Å². The number of ether oxygens (including phenoxy) is 3. The second-order valence-corrected chi connectivity index (χ2v) is 9.75. The predicted octanol–water partition coefficient (Wildman–Crippen LogP) is 5.36. The van der Waals surface area contributed by atoms with Crippen molar-refractivity contribution in [3.63, 3.8) is 0 Å². The number of amides is 1. The first-order valence-corrected chi connectivity index (χ1v) is 12.5. The molecule has 0 spiro atoms. The Labute approximate surface area is 220 Å². The molecule has 1 saturated heterocycles. The lowest BCUT2D eigenvalue weighted by Gasteiger charge is -2.26. The highest BCUT2D eigenvalue weighted by Gasteiger charge is 2.36. The SMILES string of the molecule is COc1ccc(N2Cc3c(cc4c(OC)c(Br)cn(C)c3-4)C2=O)cc1OCCN1CCCCC1.Cl. The van der Waals surface area contributed by atoms with Gasteiger partial charge in [0.2, 0.25) is 0 Å². The van der Waals surface area contributed by atoms with Gasteiger partial charge < -0.3 is 23.7 Å². The van der Waals surface area contributed by atoms with Gasteiger partial charge in [-0.2, -0.15) is 0 Å². The second kappa shape index (κ2) is 10.7. The topological polar surface area (TPSA) is 56.2 Å². The molecule has 35 heavy (non-hydrogen) atoms. The average Bonchev–Trinajstić information content (AvgIpc) is 3.37. The number of fused-ring (bicyclic) bond motifs is 3. The summed E-state index contributed by atoms with van der Waals surface area (Å²) in [6.07, 6.45) is 5.80. The Kier molecular flexibility index (Phi) is 7.83. The molecule has 1 fully saturated rings. The van der Waals surface area contributed by atoms with Crippen LogP contribution in [0.15, 0.2) is 34.9 Å². The maximum absolute atomic E-state index is 13.4. The maximum atomic E-state index is 13.4. The number of likely N-dealkylation sites (tertiary alicyclic amines) is 1. The van der Waals surface area contributed by atoms with Gasteiger partial charge in [-0.25, -0.2) is 0 Å². The van der Waals surface area contributed by atoms with Crippen LogP contribution in [0.5, 0.6) is 17.2 Å². The lowest BCUT2D eigenvalue weighted by molar-refractivity contribution is 0.0996. The number of anilines is 1. The van der Waals surface area contributed by atoms with Gasteiger partial charge in [-0.3, -0.25) is 9.69 Å². The van der Waals surface area contributed by atoms with E-state index in [1.807, 2.05) is 42.1 Å². The zero-order valence-electron chi connectivity index (χ0n) is 20.3. The Morgan fingerprint density at radius 1 is 1.00 bits per heavy atom. The van der Waals surface area contributed by atoms with E-state index in [1.165, 1.54) is 19.3 Å². The van der Waals surface area contributed by atoms with Gasteiger partial charge in [0.1, 0.15) is 12.4 Å². The molecule has 188 valence electrons. The van der Waals surface area contributed by atoms with E-state index in [2.05, 4.69) is 20.8 Å². The molecule has 1 aromatic carbocycles. The average molecular weight is 565 g/mol. The van der Waals surface area contributed by atoms with E-state index in [-0.39, 0.29) is 18.3 Å². The van der Waals surface area contributed by atoms with Crippen LogP contribution in [0.3, 0.4) is 0 Å². The number of rotatable bonds is 7. The molecule has 3 aliphatic heterocycles. The molecule has 1 aliphatic carbocycles. The molecule has 1 aromatic rings. The van der Waals surface area contributed by atoms with E-state index in [0.717, 1.165) is 52.4 Å². The molecule has 7 nitrogen and oxygen atoms in total. The van der Waals surface area contributed by atoms with Crippen LogP contribution in [0.1, 0.15) is 35.2 Å². The third kappa shape index (κ3) is 4.71. The first kappa shape index (κ1) is 25.7. The van der Waals surface area contributed by atoms with Crippen molar-refractivity contribution < 1.29 is 19.0 Å². The van der Waals surface area contributed by atoms with Gasteiger partial charge in [0.05, 0.1) is 30.9 Å².